The second-order valence-corrected chi connectivity index (χ2v) is 5.68. The smallest absolute Gasteiger partial charge is 0.172 e. The first-order valence-electron chi connectivity index (χ1n) is 6.58. The van der Waals surface area contributed by atoms with Crippen molar-refractivity contribution >= 4 is 11.8 Å². The van der Waals surface area contributed by atoms with Crippen molar-refractivity contribution in [3.63, 3.8) is 0 Å². The molecular weight excluding hydrogens is 256 g/mol. The highest BCUT2D eigenvalue weighted by Gasteiger charge is 2.29. The summed E-state index contributed by atoms with van der Waals surface area (Å²) in [4.78, 5) is 5.59. The quantitative estimate of drug-likeness (QED) is 0.907. The number of aromatic nitrogens is 2. The van der Waals surface area contributed by atoms with E-state index in [1.54, 1.807) is 18.0 Å². The van der Waals surface area contributed by atoms with E-state index in [2.05, 4.69) is 17.1 Å². The Kier molecular flexibility index (Phi) is 4.32. The van der Waals surface area contributed by atoms with Crippen LogP contribution >= 0.6 is 11.8 Å². The molecule has 1 heterocycles. The Morgan fingerprint density at radius 1 is 1.21 bits per heavy atom. The molecule has 0 amide bonds. The van der Waals surface area contributed by atoms with Crippen molar-refractivity contribution in [1.29, 1.82) is 0 Å². The molecule has 1 aromatic carbocycles. The van der Waals surface area contributed by atoms with Gasteiger partial charge in [-0.3, -0.25) is 0 Å². The number of benzene rings is 1. The molecule has 2 aromatic rings. The molecule has 0 saturated carbocycles. The van der Waals surface area contributed by atoms with Gasteiger partial charge >= 0.3 is 0 Å². The molecule has 0 unspecified atom stereocenters. The van der Waals surface area contributed by atoms with Crippen LogP contribution in [0.2, 0.25) is 0 Å². The third kappa shape index (κ3) is 2.85. The lowest BCUT2D eigenvalue weighted by Gasteiger charge is -2.25. The third-order valence-corrected chi connectivity index (χ3v) is 4.61. The predicted octanol–water partition coefficient (Wildman–Crippen LogP) is 3.58. The molecule has 0 atom stereocenters. The summed E-state index contributed by atoms with van der Waals surface area (Å²) >= 11 is 1.61. The fourth-order valence-electron chi connectivity index (χ4n) is 2.13. The number of rotatable bonds is 5. The molecule has 4 heteroatoms. The molecule has 2 rings (SSSR count). The molecule has 0 aliphatic heterocycles. The largest absolute Gasteiger partial charge is 0.384 e. The molecule has 1 aromatic heterocycles. The molecule has 0 spiro atoms. The van der Waals surface area contributed by atoms with Crippen molar-refractivity contribution in [2.24, 2.45) is 7.05 Å². The fourth-order valence-corrected chi connectivity index (χ4v) is 2.97. The van der Waals surface area contributed by atoms with Crippen LogP contribution in [0.5, 0.6) is 0 Å². The molecule has 0 aliphatic rings. The summed E-state index contributed by atoms with van der Waals surface area (Å²) in [5.41, 5.74) is 0.105. The molecule has 1 N–H and O–H groups in total. The van der Waals surface area contributed by atoms with Crippen LogP contribution in [0, 0.1) is 0 Å². The Balaban J connectivity index is 2.28. The van der Waals surface area contributed by atoms with E-state index in [1.807, 2.05) is 43.7 Å². The van der Waals surface area contributed by atoms with E-state index in [9.17, 15) is 5.11 Å². The van der Waals surface area contributed by atoms with Gasteiger partial charge in [0.1, 0.15) is 5.60 Å². The van der Waals surface area contributed by atoms with Crippen molar-refractivity contribution in [1.82, 2.24) is 9.55 Å². The van der Waals surface area contributed by atoms with E-state index in [0.29, 0.717) is 12.8 Å². The van der Waals surface area contributed by atoms with Crippen molar-refractivity contribution < 1.29 is 5.11 Å². The van der Waals surface area contributed by atoms with E-state index in [0.717, 1.165) is 15.7 Å². The maximum atomic E-state index is 10.6. The van der Waals surface area contributed by atoms with Crippen molar-refractivity contribution in [2.75, 3.05) is 0 Å². The van der Waals surface area contributed by atoms with Gasteiger partial charge in [-0.25, -0.2) is 4.98 Å². The fraction of sp³-hybridized carbons (Fsp3) is 0.400. The lowest BCUT2D eigenvalue weighted by atomic mass is 9.94. The molecule has 0 aliphatic carbocycles. The summed E-state index contributed by atoms with van der Waals surface area (Å²) in [6.45, 7) is 4.00. The monoisotopic (exact) mass is 276 g/mol. The SMILES string of the molecule is CCC(O)(CC)c1cnc(Sc2ccccc2)n1C. The van der Waals surface area contributed by atoms with E-state index in [-0.39, 0.29) is 0 Å². The highest BCUT2D eigenvalue weighted by atomic mass is 32.2. The van der Waals surface area contributed by atoms with Gasteiger partial charge in [0.25, 0.3) is 0 Å². The van der Waals surface area contributed by atoms with Crippen LogP contribution in [0.25, 0.3) is 0 Å². The Labute approximate surface area is 118 Å². The van der Waals surface area contributed by atoms with E-state index < -0.39 is 5.60 Å². The molecule has 0 bridgehead atoms. The number of aliphatic hydroxyl groups is 1. The van der Waals surface area contributed by atoms with Gasteiger partial charge in [0, 0.05) is 11.9 Å². The van der Waals surface area contributed by atoms with Gasteiger partial charge in [-0.1, -0.05) is 43.8 Å². The van der Waals surface area contributed by atoms with Crippen molar-refractivity contribution in [3.8, 4) is 0 Å². The standard InChI is InChI=1S/C15H20N2OS/c1-4-15(18,5-2)13-11-16-14(17(13)3)19-12-9-7-6-8-10-12/h6-11,18H,4-5H2,1-3H3. The minimum Gasteiger partial charge on any atom is -0.384 e. The molecule has 0 radical (unpaired) electrons. The second kappa shape index (κ2) is 5.80. The summed E-state index contributed by atoms with van der Waals surface area (Å²) in [6.07, 6.45) is 3.18. The van der Waals surface area contributed by atoms with E-state index in [1.165, 1.54) is 0 Å². The third-order valence-electron chi connectivity index (χ3n) is 3.54. The number of hydrogen-bond acceptors (Lipinski definition) is 3. The van der Waals surface area contributed by atoms with Crippen LogP contribution in [0.3, 0.4) is 0 Å². The summed E-state index contributed by atoms with van der Waals surface area (Å²) in [7, 11) is 1.96. The van der Waals surface area contributed by atoms with Crippen molar-refractivity contribution in [3.05, 3.63) is 42.2 Å². The van der Waals surface area contributed by atoms with Gasteiger partial charge in [0.2, 0.25) is 0 Å². The van der Waals surface area contributed by atoms with Gasteiger partial charge in [0.05, 0.1) is 11.9 Å². The van der Waals surface area contributed by atoms with Gasteiger partial charge in [-0.05, 0) is 25.0 Å². The second-order valence-electron chi connectivity index (χ2n) is 4.64. The molecule has 3 nitrogen and oxygen atoms in total. The maximum Gasteiger partial charge on any atom is 0.172 e. The molecule has 102 valence electrons. The topological polar surface area (TPSA) is 38.1 Å². The molecule has 0 saturated heterocycles. The zero-order valence-corrected chi connectivity index (χ0v) is 12.4. The minimum absolute atomic E-state index is 0.693. The Hall–Kier alpha value is -1.26. The molecular formula is C15H20N2OS. The average Bonchev–Trinajstić information content (AvgIpc) is 2.81. The first kappa shape index (κ1) is 14.2. The Bertz CT molecular complexity index is 532. The van der Waals surface area contributed by atoms with Gasteiger partial charge in [-0.2, -0.15) is 0 Å². The summed E-state index contributed by atoms with van der Waals surface area (Å²) in [5, 5.41) is 11.5. The van der Waals surface area contributed by atoms with Crippen molar-refractivity contribution in [2.45, 2.75) is 42.3 Å². The Morgan fingerprint density at radius 2 is 1.84 bits per heavy atom. The summed E-state index contributed by atoms with van der Waals surface area (Å²) < 4.78 is 1.99. The van der Waals surface area contributed by atoms with Gasteiger partial charge < -0.3 is 9.67 Å². The van der Waals surface area contributed by atoms with Gasteiger partial charge in [-0.15, -0.1) is 0 Å². The molecule has 19 heavy (non-hydrogen) atoms. The van der Waals surface area contributed by atoms with Crippen LogP contribution in [-0.2, 0) is 12.6 Å². The van der Waals surface area contributed by atoms with Crippen LogP contribution in [-0.4, -0.2) is 14.7 Å². The zero-order valence-electron chi connectivity index (χ0n) is 11.6. The number of hydrogen-bond donors (Lipinski definition) is 1. The minimum atomic E-state index is -0.781. The highest BCUT2D eigenvalue weighted by Crippen LogP contribution is 2.33. The van der Waals surface area contributed by atoms with Crippen LogP contribution < -0.4 is 0 Å². The lowest BCUT2D eigenvalue weighted by Crippen LogP contribution is -2.26. The van der Waals surface area contributed by atoms with E-state index in [4.69, 9.17) is 0 Å². The average molecular weight is 276 g/mol. The van der Waals surface area contributed by atoms with E-state index >= 15 is 0 Å². The van der Waals surface area contributed by atoms with Crippen LogP contribution in [0.15, 0.2) is 46.6 Å². The summed E-state index contributed by atoms with van der Waals surface area (Å²) in [6, 6.07) is 10.2. The summed E-state index contributed by atoms with van der Waals surface area (Å²) in [5.74, 6) is 0. The maximum absolute atomic E-state index is 10.6. The van der Waals surface area contributed by atoms with Crippen LogP contribution in [0.4, 0.5) is 0 Å². The zero-order chi connectivity index (χ0) is 13.9. The first-order valence-corrected chi connectivity index (χ1v) is 7.40. The lowest BCUT2D eigenvalue weighted by molar-refractivity contribution is 0.0207. The highest BCUT2D eigenvalue weighted by molar-refractivity contribution is 7.99. The number of imidazole rings is 1. The molecule has 0 fully saturated rings. The Morgan fingerprint density at radius 3 is 2.42 bits per heavy atom. The number of nitrogens with zero attached hydrogens (tertiary/aromatic N) is 2. The van der Waals surface area contributed by atoms with Gasteiger partial charge in [0.15, 0.2) is 5.16 Å². The normalized spacial score (nSPS) is 11.8. The van der Waals surface area contributed by atoms with Crippen LogP contribution in [0.1, 0.15) is 32.4 Å². The predicted molar refractivity (Wildman–Crippen MR) is 78.3 cm³/mol. The first-order chi connectivity index (χ1) is 9.10.